The van der Waals surface area contributed by atoms with Crippen LogP contribution < -0.4 is 10.2 Å². The number of nitro groups is 1. The average Bonchev–Trinajstić information content (AvgIpc) is 2.78. The van der Waals surface area contributed by atoms with Crippen molar-refractivity contribution in [3.8, 4) is 0 Å². The van der Waals surface area contributed by atoms with E-state index < -0.39 is 10.8 Å². The number of nitro benzene ring substituents is 1. The molecule has 1 aliphatic rings. The maximum Gasteiger partial charge on any atom is 0.288 e. The third kappa shape index (κ3) is 5.57. The number of hydrogen-bond donors (Lipinski definition) is 1. The van der Waals surface area contributed by atoms with Crippen molar-refractivity contribution in [1.82, 2.24) is 4.90 Å². The van der Waals surface area contributed by atoms with Gasteiger partial charge in [-0.15, -0.1) is 0 Å². The summed E-state index contributed by atoms with van der Waals surface area (Å²) < 4.78 is 0. The number of para-hydroxylation sites is 1. The second-order valence-corrected chi connectivity index (χ2v) is 7.96. The number of carbonyl (C=O) groups excluding carboxylic acids is 2. The molecule has 0 radical (unpaired) electrons. The summed E-state index contributed by atoms with van der Waals surface area (Å²) in [5.41, 5.74) is 1.48. The zero-order valence-corrected chi connectivity index (χ0v) is 18.9. The molecule has 0 aromatic heterocycles. The second-order valence-electron chi connectivity index (χ2n) is 7.15. The lowest BCUT2D eigenvalue weighted by Gasteiger charge is -2.37. The van der Waals surface area contributed by atoms with Crippen LogP contribution in [0.15, 0.2) is 42.5 Å². The van der Waals surface area contributed by atoms with Crippen LogP contribution in [0.5, 0.6) is 0 Å². The largest absolute Gasteiger partial charge is 0.365 e. The van der Waals surface area contributed by atoms with E-state index in [2.05, 4.69) is 5.32 Å². The molecule has 2 amide bonds. The molecule has 8 nitrogen and oxygen atoms in total. The van der Waals surface area contributed by atoms with E-state index in [1.807, 2.05) is 16.7 Å². The minimum atomic E-state index is -0.578. The Bertz CT molecular complexity index is 1070. The summed E-state index contributed by atoms with van der Waals surface area (Å²) in [7, 11) is 0. The number of nitrogens with one attached hydrogen (secondary N) is 1. The molecule has 1 saturated heterocycles. The molecule has 168 valence electrons. The quantitative estimate of drug-likeness (QED) is 0.373. The SMILES string of the molecule is CCC(=O)N1CCN(c2c(Cl)cccc2NC(=O)/C=C/c2ccc(Cl)c([N+](=O)[O-])c2)CC1. The van der Waals surface area contributed by atoms with Crippen molar-refractivity contribution in [1.29, 1.82) is 0 Å². The number of amides is 2. The smallest absolute Gasteiger partial charge is 0.288 e. The van der Waals surface area contributed by atoms with Crippen LogP contribution in [-0.4, -0.2) is 47.8 Å². The molecule has 0 saturated carbocycles. The van der Waals surface area contributed by atoms with Gasteiger partial charge in [-0.05, 0) is 29.8 Å². The van der Waals surface area contributed by atoms with Gasteiger partial charge in [-0.1, -0.05) is 42.3 Å². The number of piperazine rings is 1. The summed E-state index contributed by atoms with van der Waals surface area (Å²) in [5.74, 6) is -0.296. The molecule has 10 heteroatoms. The zero-order chi connectivity index (χ0) is 23.3. The predicted octanol–water partition coefficient (Wildman–Crippen LogP) is 4.61. The monoisotopic (exact) mass is 476 g/mol. The summed E-state index contributed by atoms with van der Waals surface area (Å²) >= 11 is 12.3. The fourth-order valence-corrected chi connectivity index (χ4v) is 3.94. The summed E-state index contributed by atoms with van der Waals surface area (Å²) in [6, 6.07) is 9.54. The Kier molecular flexibility index (Phi) is 7.71. The first kappa shape index (κ1) is 23.6. The van der Waals surface area contributed by atoms with Crippen molar-refractivity contribution in [2.75, 3.05) is 36.4 Å². The van der Waals surface area contributed by atoms with E-state index in [-0.39, 0.29) is 16.6 Å². The minimum Gasteiger partial charge on any atom is -0.365 e. The molecule has 0 unspecified atom stereocenters. The van der Waals surface area contributed by atoms with Gasteiger partial charge in [0.15, 0.2) is 0 Å². The van der Waals surface area contributed by atoms with Crippen LogP contribution in [0.2, 0.25) is 10.0 Å². The van der Waals surface area contributed by atoms with Crippen LogP contribution in [0.3, 0.4) is 0 Å². The Balaban J connectivity index is 1.73. The second kappa shape index (κ2) is 10.5. The summed E-state index contributed by atoms with van der Waals surface area (Å²) in [4.78, 5) is 38.8. The number of nitrogens with zero attached hydrogens (tertiary/aromatic N) is 3. The molecular formula is C22H22Cl2N4O4. The highest BCUT2D eigenvalue weighted by atomic mass is 35.5. The molecule has 0 aliphatic carbocycles. The topological polar surface area (TPSA) is 95.8 Å². The summed E-state index contributed by atoms with van der Waals surface area (Å²) in [6.07, 6.45) is 3.23. The van der Waals surface area contributed by atoms with E-state index in [1.54, 1.807) is 24.3 Å². The van der Waals surface area contributed by atoms with Gasteiger partial charge in [0.2, 0.25) is 11.8 Å². The van der Waals surface area contributed by atoms with Gasteiger partial charge in [0, 0.05) is 44.7 Å². The molecule has 1 fully saturated rings. The molecule has 0 bridgehead atoms. The van der Waals surface area contributed by atoms with Gasteiger partial charge in [-0.3, -0.25) is 19.7 Å². The van der Waals surface area contributed by atoms with Crippen LogP contribution in [0.25, 0.3) is 6.08 Å². The number of carbonyl (C=O) groups is 2. The van der Waals surface area contributed by atoms with Gasteiger partial charge in [0.25, 0.3) is 5.69 Å². The van der Waals surface area contributed by atoms with Crippen LogP contribution in [0.4, 0.5) is 17.1 Å². The van der Waals surface area contributed by atoms with Crippen LogP contribution in [0, 0.1) is 10.1 Å². The van der Waals surface area contributed by atoms with Crippen molar-refractivity contribution >= 4 is 58.2 Å². The highest BCUT2D eigenvalue weighted by Gasteiger charge is 2.23. The lowest BCUT2D eigenvalue weighted by atomic mass is 10.1. The Morgan fingerprint density at radius 2 is 1.84 bits per heavy atom. The Morgan fingerprint density at radius 1 is 1.12 bits per heavy atom. The molecule has 2 aromatic rings. The highest BCUT2D eigenvalue weighted by Crippen LogP contribution is 2.34. The number of halogens is 2. The first-order valence-electron chi connectivity index (χ1n) is 10.0. The standard InChI is InChI=1S/C22H22Cl2N4O4/c1-2-21(30)26-10-12-27(13-11-26)22-17(24)4-3-5-18(22)25-20(29)9-7-15-6-8-16(23)19(14-15)28(31)32/h3-9,14H,2,10-13H2,1H3,(H,25,29)/b9-7+. The van der Waals surface area contributed by atoms with Gasteiger partial charge in [0.1, 0.15) is 5.02 Å². The molecule has 32 heavy (non-hydrogen) atoms. The van der Waals surface area contributed by atoms with Gasteiger partial charge < -0.3 is 15.1 Å². The third-order valence-corrected chi connectivity index (χ3v) is 5.71. The van der Waals surface area contributed by atoms with E-state index in [4.69, 9.17) is 23.2 Å². The summed E-state index contributed by atoms with van der Waals surface area (Å²) in [6.45, 7) is 4.21. The number of benzene rings is 2. The zero-order valence-electron chi connectivity index (χ0n) is 17.4. The molecule has 0 atom stereocenters. The Labute approximate surface area is 195 Å². The Hall–Kier alpha value is -3.10. The van der Waals surface area contributed by atoms with Crippen molar-refractivity contribution in [2.24, 2.45) is 0 Å². The molecule has 2 aromatic carbocycles. The van der Waals surface area contributed by atoms with Crippen LogP contribution >= 0.6 is 23.2 Å². The van der Waals surface area contributed by atoms with Gasteiger partial charge in [0.05, 0.1) is 21.3 Å². The number of hydrogen-bond acceptors (Lipinski definition) is 5. The molecule has 1 N–H and O–H groups in total. The van der Waals surface area contributed by atoms with E-state index in [0.717, 1.165) is 0 Å². The first-order valence-corrected chi connectivity index (χ1v) is 10.8. The van der Waals surface area contributed by atoms with Gasteiger partial charge in [-0.25, -0.2) is 0 Å². The number of rotatable bonds is 6. The van der Waals surface area contributed by atoms with Crippen molar-refractivity contribution in [3.05, 3.63) is 68.2 Å². The van der Waals surface area contributed by atoms with Crippen LogP contribution in [-0.2, 0) is 9.59 Å². The van der Waals surface area contributed by atoms with E-state index in [9.17, 15) is 19.7 Å². The average molecular weight is 477 g/mol. The minimum absolute atomic E-state index is 0.0286. The Morgan fingerprint density at radius 3 is 2.50 bits per heavy atom. The lowest BCUT2D eigenvalue weighted by Crippen LogP contribution is -2.48. The molecular weight excluding hydrogens is 455 g/mol. The number of anilines is 2. The van der Waals surface area contributed by atoms with Gasteiger partial charge >= 0.3 is 0 Å². The first-order chi connectivity index (χ1) is 15.3. The van der Waals surface area contributed by atoms with Crippen molar-refractivity contribution in [3.63, 3.8) is 0 Å². The molecule has 1 heterocycles. The normalized spacial score (nSPS) is 14.0. The lowest BCUT2D eigenvalue weighted by molar-refractivity contribution is -0.384. The van der Waals surface area contributed by atoms with Crippen molar-refractivity contribution in [2.45, 2.75) is 13.3 Å². The molecule has 0 spiro atoms. The molecule has 3 rings (SSSR count). The summed E-state index contributed by atoms with van der Waals surface area (Å²) in [5, 5.41) is 14.4. The highest BCUT2D eigenvalue weighted by molar-refractivity contribution is 6.34. The van der Waals surface area contributed by atoms with E-state index in [0.29, 0.717) is 54.6 Å². The van der Waals surface area contributed by atoms with E-state index >= 15 is 0 Å². The van der Waals surface area contributed by atoms with Crippen LogP contribution in [0.1, 0.15) is 18.9 Å². The third-order valence-electron chi connectivity index (χ3n) is 5.09. The molecule has 1 aliphatic heterocycles. The van der Waals surface area contributed by atoms with Crippen molar-refractivity contribution < 1.29 is 14.5 Å². The van der Waals surface area contributed by atoms with Gasteiger partial charge in [-0.2, -0.15) is 0 Å². The maximum absolute atomic E-state index is 12.5. The fraction of sp³-hybridized carbons (Fsp3) is 0.273. The van der Waals surface area contributed by atoms with E-state index in [1.165, 1.54) is 24.3 Å². The fourth-order valence-electron chi connectivity index (χ4n) is 3.46. The maximum atomic E-state index is 12.5. The predicted molar refractivity (Wildman–Crippen MR) is 126 cm³/mol.